The predicted octanol–water partition coefficient (Wildman–Crippen LogP) is 4.41. The normalized spacial score (nSPS) is 10.5. The number of thiophene rings is 1. The van der Waals surface area contributed by atoms with Crippen molar-refractivity contribution >= 4 is 40.0 Å². The Labute approximate surface area is 148 Å². The molecule has 0 aliphatic carbocycles. The van der Waals surface area contributed by atoms with E-state index in [2.05, 4.69) is 5.32 Å². The minimum absolute atomic E-state index is 0.158. The van der Waals surface area contributed by atoms with E-state index in [0.29, 0.717) is 21.2 Å². The Hall–Kier alpha value is -1.86. The van der Waals surface area contributed by atoms with E-state index in [9.17, 15) is 14.0 Å². The first-order valence-electron chi connectivity index (χ1n) is 7.32. The number of ether oxygens (including phenoxy) is 1. The van der Waals surface area contributed by atoms with Crippen molar-refractivity contribution in [2.75, 3.05) is 17.7 Å². The van der Waals surface area contributed by atoms with E-state index >= 15 is 0 Å². The van der Waals surface area contributed by atoms with Gasteiger partial charge in [-0.2, -0.15) is 0 Å². The Kier molecular flexibility index (Phi) is 6.39. The summed E-state index contributed by atoms with van der Waals surface area (Å²) in [5.74, 6) is -0.550. The number of aryl methyl sites for hydroxylation is 1. The molecule has 1 heterocycles. The second-order valence-electron chi connectivity index (χ2n) is 5.08. The summed E-state index contributed by atoms with van der Waals surface area (Å²) in [7, 11) is 0. The number of hydrogen-bond acceptors (Lipinski definition) is 5. The highest BCUT2D eigenvalue weighted by Gasteiger charge is 2.21. The van der Waals surface area contributed by atoms with Crippen LogP contribution in [-0.2, 0) is 9.53 Å². The standard InChI is InChI=1S/C17H18FNO3S2/c1-10-11(2)24-16(19-12(3)20)15(10)17(21)22-8-9-23-14-7-5-4-6-13(14)18/h4-7H,8-9H2,1-3H3,(H,19,20). The number of anilines is 1. The van der Waals surface area contributed by atoms with Crippen LogP contribution in [0.3, 0.4) is 0 Å². The van der Waals surface area contributed by atoms with E-state index in [4.69, 9.17) is 4.74 Å². The van der Waals surface area contributed by atoms with Crippen molar-refractivity contribution in [3.8, 4) is 0 Å². The number of rotatable bonds is 6. The van der Waals surface area contributed by atoms with Crippen molar-refractivity contribution in [1.29, 1.82) is 0 Å². The van der Waals surface area contributed by atoms with Crippen LogP contribution < -0.4 is 5.32 Å². The zero-order valence-electron chi connectivity index (χ0n) is 13.6. The summed E-state index contributed by atoms with van der Waals surface area (Å²) in [5, 5.41) is 3.17. The van der Waals surface area contributed by atoms with Gasteiger partial charge < -0.3 is 10.1 Å². The van der Waals surface area contributed by atoms with Gasteiger partial charge >= 0.3 is 5.97 Å². The molecule has 0 spiro atoms. The van der Waals surface area contributed by atoms with Gasteiger partial charge in [0.15, 0.2) is 0 Å². The highest BCUT2D eigenvalue weighted by atomic mass is 32.2. The van der Waals surface area contributed by atoms with Gasteiger partial charge in [0.05, 0.1) is 5.56 Å². The first-order chi connectivity index (χ1) is 11.4. The highest BCUT2D eigenvalue weighted by Crippen LogP contribution is 2.33. The number of thioether (sulfide) groups is 1. The third-order valence-electron chi connectivity index (χ3n) is 3.29. The predicted molar refractivity (Wildman–Crippen MR) is 95.5 cm³/mol. The minimum atomic E-state index is -0.477. The van der Waals surface area contributed by atoms with Crippen LogP contribution in [-0.4, -0.2) is 24.2 Å². The number of nitrogens with one attached hydrogen (secondary N) is 1. The first kappa shape index (κ1) is 18.5. The topological polar surface area (TPSA) is 55.4 Å². The molecule has 1 amide bonds. The average Bonchev–Trinajstić information content (AvgIpc) is 2.79. The molecular formula is C17H18FNO3S2. The molecule has 2 aromatic rings. The van der Waals surface area contributed by atoms with Crippen molar-refractivity contribution in [3.63, 3.8) is 0 Å². The summed E-state index contributed by atoms with van der Waals surface area (Å²) in [6.07, 6.45) is 0. The average molecular weight is 367 g/mol. The van der Waals surface area contributed by atoms with Gasteiger partial charge in [-0.3, -0.25) is 4.79 Å². The van der Waals surface area contributed by atoms with Crippen LogP contribution in [0.2, 0.25) is 0 Å². The lowest BCUT2D eigenvalue weighted by atomic mass is 10.1. The molecule has 0 unspecified atom stereocenters. The van der Waals surface area contributed by atoms with E-state index in [1.54, 1.807) is 18.2 Å². The fraction of sp³-hybridized carbons (Fsp3) is 0.294. The van der Waals surface area contributed by atoms with Crippen LogP contribution in [0.4, 0.5) is 9.39 Å². The molecule has 7 heteroatoms. The second-order valence-corrected chi connectivity index (χ2v) is 7.44. The number of hydrogen-bond donors (Lipinski definition) is 1. The monoisotopic (exact) mass is 367 g/mol. The van der Waals surface area contributed by atoms with Gasteiger partial charge in [-0.05, 0) is 31.5 Å². The smallest absolute Gasteiger partial charge is 0.341 e. The number of esters is 1. The molecule has 0 fully saturated rings. The molecule has 0 saturated heterocycles. The Morgan fingerprint density at radius 3 is 2.67 bits per heavy atom. The zero-order chi connectivity index (χ0) is 17.7. The van der Waals surface area contributed by atoms with Gasteiger partial charge in [-0.25, -0.2) is 9.18 Å². The molecule has 1 aromatic carbocycles. The largest absolute Gasteiger partial charge is 0.461 e. The number of halogens is 1. The SMILES string of the molecule is CC(=O)Nc1sc(C)c(C)c1C(=O)OCCSc1ccccc1F. The van der Waals surface area contributed by atoms with E-state index in [1.807, 2.05) is 13.8 Å². The maximum atomic E-state index is 13.5. The van der Waals surface area contributed by atoms with E-state index in [0.717, 1.165) is 10.4 Å². The molecular weight excluding hydrogens is 349 g/mol. The minimum Gasteiger partial charge on any atom is -0.461 e. The molecule has 0 bridgehead atoms. The summed E-state index contributed by atoms with van der Waals surface area (Å²) < 4.78 is 18.8. The number of amides is 1. The van der Waals surface area contributed by atoms with Crippen molar-refractivity contribution in [2.45, 2.75) is 25.7 Å². The Morgan fingerprint density at radius 1 is 1.29 bits per heavy atom. The molecule has 0 radical (unpaired) electrons. The van der Waals surface area contributed by atoms with Crippen LogP contribution in [0.1, 0.15) is 27.7 Å². The number of carbonyl (C=O) groups excluding carboxylic acids is 2. The summed E-state index contributed by atoms with van der Waals surface area (Å²) in [6, 6.07) is 6.47. The Balaban J connectivity index is 1.95. The van der Waals surface area contributed by atoms with E-state index in [-0.39, 0.29) is 18.3 Å². The molecule has 0 atom stereocenters. The van der Waals surface area contributed by atoms with Crippen molar-refractivity contribution in [1.82, 2.24) is 0 Å². The molecule has 2 rings (SSSR count). The number of carbonyl (C=O) groups is 2. The summed E-state index contributed by atoms with van der Waals surface area (Å²) in [6.45, 7) is 5.26. The van der Waals surface area contributed by atoms with Crippen molar-refractivity contribution in [3.05, 3.63) is 46.1 Å². The molecule has 0 aliphatic rings. The first-order valence-corrected chi connectivity index (χ1v) is 9.12. The van der Waals surface area contributed by atoms with Gasteiger partial charge in [-0.15, -0.1) is 23.1 Å². The molecule has 4 nitrogen and oxygen atoms in total. The highest BCUT2D eigenvalue weighted by molar-refractivity contribution is 7.99. The van der Waals surface area contributed by atoms with Gasteiger partial charge in [0.1, 0.15) is 17.4 Å². The van der Waals surface area contributed by atoms with Gasteiger partial charge in [0.25, 0.3) is 0 Å². The quantitative estimate of drug-likeness (QED) is 0.467. The van der Waals surface area contributed by atoms with Crippen LogP contribution >= 0.6 is 23.1 Å². The van der Waals surface area contributed by atoms with Crippen LogP contribution in [0.5, 0.6) is 0 Å². The van der Waals surface area contributed by atoms with Gasteiger partial charge in [0, 0.05) is 22.4 Å². The van der Waals surface area contributed by atoms with E-state index in [1.165, 1.54) is 36.1 Å². The van der Waals surface area contributed by atoms with Gasteiger partial charge in [0.2, 0.25) is 5.91 Å². The maximum absolute atomic E-state index is 13.5. The number of benzene rings is 1. The third-order valence-corrected chi connectivity index (χ3v) is 5.43. The van der Waals surface area contributed by atoms with Crippen LogP contribution in [0.15, 0.2) is 29.2 Å². The lowest BCUT2D eigenvalue weighted by molar-refractivity contribution is -0.114. The Bertz CT molecular complexity index is 758. The maximum Gasteiger partial charge on any atom is 0.341 e. The summed E-state index contributed by atoms with van der Waals surface area (Å²) in [4.78, 5) is 25.0. The van der Waals surface area contributed by atoms with Crippen molar-refractivity contribution in [2.24, 2.45) is 0 Å². The zero-order valence-corrected chi connectivity index (χ0v) is 15.3. The molecule has 24 heavy (non-hydrogen) atoms. The lowest BCUT2D eigenvalue weighted by Crippen LogP contribution is -2.13. The van der Waals surface area contributed by atoms with Crippen molar-refractivity contribution < 1.29 is 18.7 Å². The summed E-state index contributed by atoms with van der Waals surface area (Å²) in [5.41, 5.74) is 1.19. The summed E-state index contributed by atoms with van der Waals surface area (Å²) >= 11 is 2.64. The second kappa shape index (κ2) is 8.30. The fourth-order valence-corrected chi connectivity index (χ4v) is 3.90. The molecule has 0 saturated carbocycles. The molecule has 1 aromatic heterocycles. The van der Waals surface area contributed by atoms with Gasteiger partial charge in [-0.1, -0.05) is 12.1 Å². The molecule has 0 aliphatic heterocycles. The van der Waals surface area contributed by atoms with E-state index < -0.39 is 5.97 Å². The molecule has 128 valence electrons. The van der Waals surface area contributed by atoms with Crippen LogP contribution in [0.25, 0.3) is 0 Å². The lowest BCUT2D eigenvalue weighted by Gasteiger charge is -2.07. The Morgan fingerprint density at radius 2 is 2.00 bits per heavy atom. The van der Waals surface area contributed by atoms with Crippen LogP contribution in [0, 0.1) is 19.7 Å². The third kappa shape index (κ3) is 4.58. The molecule has 1 N–H and O–H groups in total. The fourth-order valence-electron chi connectivity index (χ4n) is 2.04.